The molecule has 1 aromatic heterocycles. The summed E-state index contributed by atoms with van der Waals surface area (Å²) < 4.78 is 5.68. The molecule has 0 N–H and O–H groups in total. The zero-order valence-electron chi connectivity index (χ0n) is 10.5. The van der Waals surface area contributed by atoms with Crippen molar-refractivity contribution in [1.29, 1.82) is 0 Å². The highest BCUT2D eigenvalue weighted by Gasteiger charge is 2.27. The second kappa shape index (κ2) is 4.74. The Balaban J connectivity index is 1.92. The van der Waals surface area contributed by atoms with Gasteiger partial charge in [0.25, 0.3) is 5.78 Å². The molecule has 2 aromatic rings. The fourth-order valence-electron chi connectivity index (χ4n) is 1.90. The van der Waals surface area contributed by atoms with Gasteiger partial charge in [0, 0.05) is 11.5 Å². The number of rotatable bonds is 4. The molecule has 0 spiro atoms. The lowest BCUT2D eigenvalue weighted by Gasteiger charge is -2.00. The maximum atomic E-state index is 11.8. The minimum absolute atomic E-state index is 0.208. The third-order valence-corrected chi connectivity index (χ3v) is 4.24. The summed E-state index contributed by atoms with van der Waals surface area (Å²) in [6.07, 6.45) is 2.41. The number of carbonyl (C=O) groups excluding carboxylic acids is 2. The lowest BCUT2D eigenvalue weighted by Crippen LogP contribution is -2.17. The monoisotopic (exact) mass is 275 g/mol. The van der Waals surface area contributed by atoms with E-state index >= 15 is 0 Å². The van der Waals surface area contributed by atoms with Crippen molar-refractivity contribution in [2.75, 3.05) is 6.61 Å². The maximum absolute atomic E-state index is 11.8. The topological polar surface area (TPSA) is 56.3 Å². The first-order chi connectivity index (χ1) is 9.19. The molecule has 98 valence electrons. The largest absolute Gasteiger partial charge is 0.460 e. The minimum Gasteiger partial charge on any atom is -0.460 e. The van der Waals surface area contributed by atoms with Gasteiger partial charge in [-0.1, -0.05) is 0 Å². The zero-order chi connectivity index (χ0) is 13.4. The Morgan fingerprint density at radius 1 is 1.42 bits per heavy atom. The molecule has 0 saturated heterocycles. The quantitative estimate of drug-likeness (QED) is 0.489. The summed E-state index contributed by atoms with van der Waals surface area (Å²) in [5.74, 6) is -0.791. The average Bonchev–Trinajstić information content (AvgIpc) is 3.17. The van der Waals surface area contributed by atoms with Gasteiger partial charge in [0.2, 0.25) is 0 Å². The summed E-state index contributed by atoms with van der Waals surface area (Å²) in [6.45, 7) is 1.89. The third kappa shape index (κ3) is 2.38. The molecule has 3 rings (SSSR count). The van der Waals surface area contributed by atoms with Crippen molar-refractivity contribution < 1.29 is 14.3 Å². The van der Waals surface area contributed by atoms with Crippen molar-refractivity contribution in [3.63, 3.8) is 0 Å². The molecule has 1 aliphatic rings. The Hall–Kier alpha value is -1.75. The van der Waals surface area contributed by atoms with Crippen LogP contribution in [0.2, 0.25) is 0 Å². The van der Waals surface area contributed by atoms with E-state index in [0.29, 0.717) is 11.5 Å². The van der Waals surface area contributed by atoms with Crippen LogP contribution < -0.4 is 0 Å². The summed E-state index contributed by atoms with van der Waals surface area (Å²) in [7, 11) is 0. The Morgan fingerprint density at radius 2 is 2.21 bits per heavy atom. The number of nitrogens with zero attached hydrogens (tertiary/aromatic N) is 1. The van der Waals surface area contributed by atoms with E-state index in [2.05, 4.69) is 4.98 Å². The summed E-state index contributed by atoms with van der Waals surface area (Å²) >= 11 is 1.61. The lowest BCUT2D eigenvalue weighted by atomic mass is 10.1. The van der Waals surface area contributed by atoms with Crippen molar-refractivity contribution in [3.05, 3.63) is 28.8 Å². The fourth-order valence-corrected chi connectivity index (χ4v) is 3.08. The number of ketones is 1. The van der Waals surface area contributed by atoms with Gasteiger partial charge >= 0.3 is 5.97 Å². The molecule has 1 aliphatic carbocycles. The van der Waals surface area contributed by atoms with Gasteiger partial charge < -0.3 is 4.74 Å². The number of hydrogen-bond donors (Lipinski definition) is 0. The Labute approximate surface area is 114 Å². The zero-order valence-corrected chi connectivity index (χ0v) is 11.3. The van der Waals surface area contributed by atoms with E-state index in [1.54, 1.807) is 36.5 Å². The number of hydrogen-bond acceptors (Lipinski definition) is 5. The van der Waals surface area contributed by atoms with Crippen LogP contribution in [0, 0.1) is 0 Å². The predicted octanol–water partition coefficient (Wildman–Crippen LogP) is 2.92. The first-order valence-corrected chi connectivity index (χ1v) is 7.12. The number of fused-ring (bicyclic) bond motifs is 1. The molecule has 0 aliphatic heterocycles. The summed E-state index contributed by atoms with van der Waals surface area (Å²) in [6, 6.07) is 5.17. The molecule has 0 bridgehead atoms. The van der Waals surface area contributed by atoms with E-state index < -0.39 is 11.8 Å². The van der Waals surface area contributed by atoms with Gasteiger partial charge in [0.15, 0.2) is 0 Å². The first kappa shape index (κ1) is 12.3. The van der Waals surface area contributed by atoms with E-state index in [9.17, 15) is 9.59 Å². The van der Waals surface area contributed by atoms with E-state index in [0.717, 1.165) is 15.2 Å². The van der Waals surface area contributed by atoms with Crippen LogP contribution in [-0.4, -0.2) is 23.3 Å². The van der Waals surface area contributed by atoms with Crippen LogP contribution in [0.25, 0.3) is 10.2 Å². The maximum Gasteiger partial charge on any atom is 0.379 e. The van der Waals surface area contributed by atoms with E-state index in [4.69, 9.17) is 4.74 Å². The third-order valence-electron chi connectivity index (χ3n) is 3.05. The molecule has 0 atom stereocenters. The van der Waals surface area contributed by atoms with Crippen LogP contribution in [0.1, 0.15) is 41.0 Å². The SMILES string of the molecule is CCOC(=O)C(=O)c1ccc2nc(C3CC3)sc2c1. The molecule has 19 heavy (non-hydrogen) atoms. The van der Waals surface area contributed by atoms with Crippen LogP contribution in [-0.2, 0) is 9.53 Å². The number of Topliss-reactive ketones (excluding diaryl/α,β-unsaturated/α-hetero) is 1. The second-order valence-electron chi connectivity index (χ2n) is 4.56. The molecule has 0 radical (unpaired) electrons. The highest BCUT2D eigenvalue weighted by Crippen LogP contribution is 2.43. The molecule has 0 amide bonds. The molecule has 1 fully saturated rings. The summed E-state index contributed by atoms with van der Waals surface area (Å²) in [5.41, 5.74) is 1.27. The van der Waals surface area contributed by atoms with Crippen LogP contribution in [0.15, 0.2) is 18.2 Å². The molecule has 5 heteroatoms. The molecule has 0 unspecified atom stereocenters. The number of aromatic nitrogens is 1. The van der Waals surface area contributed by atoms with Gasteiger partial charge in [-0.25, -0.2) is 9.78 Å². The van der Waals surface area contributed by atoms with Crippen molar-refractivity contribution in [2.24, 2.45) is 0 Å². The number of ether oxygens (including phenoxy) is 1. The lowest BCUT2D eigenvalue weighted by molar-refractivity contribution is -0.137. The molecule has 1 heterocycles. The van der Waals surface area contributed by atoms with Gasteiger partial charge in [-0.05, 0) is 38.0 Å². The fraction of sp³-hybridized carbons (Fsp3) is 0.357. The Kier molecular flexibility index (Phi) is 3.06. The van der Waals surface area contributed by atoms with Crippen molar-refractivity contribution in [2.45, 2.75) is 25.7 Å². The van der Waals surface area contributed by atoms with E-state index in [1.807, 2.05) is 0 Å². The van der Waals surface area contributed by atoms with E-state index in [-0.39, 0.29) is 6.61 Å². The van der Waals surface area contributed by atoms with Gasteiger partial charge in [0.1, 0.15) is 0 Å². The van der Waals surface area contributed by atoms with Crippen LogP contribution in [0.4, 0.5) is 0 Å². The highest BCUT2D eigenvalue weighted by molar-refractivity contribution is 7.18. The number of benzene rings is 1. The smallest absolute Gasteiger partial charge is 0.379 e. The standard InChI is InChI=1S/C14H13NO3S/c1-2-18-14(17)12(16)9-5-6-10-11(7-9)19-13(15-10)8-3-4-8/h5-8H,2-4H2,1H3. The second-order valence-corrected chi connectivity index (χ2v) is 5.62. The normalized spacial score (nSPS) is 14.6. The van der Waals surface area contributed by atoms with Gasteiger partial charge in [-0.2, -0.15) is 0 Å². The van der Waals surface area contributed by atoms with Gasteiger partial charge in [0.05, 0.1) is 21.8 Å². The summed E-state index contributed by atoms with van der Waals surface area (Å²) in [5, 5.41) is 1.13. The molecule has 1 saturated carbocycles. The predicted molar refractivity (Wildman–Crippen MR) is 72.6 cm³/mol. The number of thiazole rings is 1. The van der Waals surface area contributed by atoms with Crippen molar-refractivity contribution in [1.82, 2.24) is 4.98 Å². The first-order valence-electron chi connectivity index (χ1n) is 6.31. The Bertz CT molecular complexity index is 658. The average molecular weight is 275 g/mol. The molecular weight excluding hydrogens is 262 g/mol. The van der Waals surface area contributed by atoms with Crippen molar-refractivity contribution >= 4 is 33.3 Å². The van der Waals surface area contributed by atoms with Crippen LogP contribution in [0.3, 0.4) is 0 Å². The van der Waals surface area contributed by atoms with Crippen LogP contribution in [0.5, 0.6) is 0 Å². The van der Waals surface area contributed by atoms with Crippen LogP contribution >= 0.6 is 11.3 Å². The Morgan fingerprint density at radius 3 is 2.89 bits per heavy atom. The van der Waals surface area contributed by atoms with Gasteiger partial charge in [-0.15, -0.1) is 11.3 Å². The van der Waals surface area contributed by atoms with E-state index in [1.165, 1.54) is 12.8 Å². The molecular formula is C14H13NO3S. The molecule has 1 aromatic carbocycles. The molecule has 4 nitrogen and oxygen atoms in total. The van der Waals surface area contributed by atoms with Gasteiger partial charge in [-0.3, -0.25) is 4.79 Å². The van der Waals surface area contributed by atoms with Crippen molar-refractivity contribution in [3.8, 4) is 0 Å². The summed E-state index contributed by atoms with van der Waals surface area (Å²) in [4.78, 5) is 27.8. The number of carbonyl (C=O) groups is 2. The number of esters is 1. The highest BCUT2D eigenvalue weighted by atomic mass is 32.1. The minimum atomic E-state index is -0.797.